The number of fused-ring (bicyclic) bond motifs is 1. The summed E-state index contributed by atoms with van der Waals surface area (Å²) in [6.07, 6.45) is 2.30. The van der Waals surface area contributed by atoms with Crippen LogP contribution in [0.15, 0.2) is 30.3 Å². The van der Waals surface area contributed by atoms with Gasteiger partial charge in [-0.15, -0.1) is 0 Å². The SMILES string of the molecule is O=C(CNCC1CCCC1)N1CCN(c2cc(N3CCOCC3)nc(-n3c(C(F)F)nc4ccccc43)n2)CC1. The molecule has 3 fully saturated rings. The molecule has 1 amide bonds. The number of benzene rings is 1. The van der Waals surface area contributed by atoms with E-state index in [2.05, 4.69) is 20.1 Å². The Balaban J connectivity index is 1.23. The number of ether oxygens (including phenoxy) is 1. The van der Waals surface area contributed by atoms with Crippen molar-refractivity contribution in [2.24, 2.45) is 5.92 Å². The zero-order valence-electron chi connectivity index (χ0n) is 22.6. The molecule has 1 saturated carbocycles. The molecule has 4 heterocycles. The number of amides is 1. The minimum absolute atomic E-state index is 0.112. The monoisotopic (exact) mass is 554 g/mol. The predicted octanol–water partition coefficient (Wildman–Crippen LogP) is 3.02. The van der Waals surface area contributed by atoms with Gasteiger partial charge in [-0.2, -0.15) is 9.97 Å². The molecule has 40 heavy (non-hydrogen) atoms. The first kappa shape index (κ1) is 26.8. The van der Waals surface area contributed by atoms with Crippen molar-refractivity contribution in [1.82, 2.24) is 29.7 Å². The van der Waals surface area contributed by atoms with Gasteiger partial charge < -0.3 is 24.8 Å². The quantitative estimate of drug-likeness (QED) is 0.455. The standard InChI is InChI=1S/C28H36F2N8O2/c29-26(30)27-32-21-7-3-4-8-22(21)38(27)28-33-23(17-24(34-28)36-13-15-40-16-14-36)35-9-11-37(12-10-35)25(39)19-31-18-20-5-1-2-6-20/h3-4,7-8,17,20,26,31H,1-2,5-6,9-16,18-19H2. The zero-order valence-corrected chi connectivity index (χ0v) is 22.6. The molecule has 3 aliphatic rings. The number of aromatic nitrogens is 4. The second-order valence-corrected chi connectivity index (χ2v) is 10.7. The van der Waals surface area contributed by atoms with Crippen molar-refractivity contribution >= 4 is 28.6 Å². The van der Waals surface area contributed by atoms with Crippen LogP contribution in [0.25, 0.3) is 17.0 Å². The number of imidazole rings is 1. The summed E-state index contributed by atoms with van der Waals surface area (Å²) < 4.78 is 35.2. The summed E-state index contributed by atoms with van der Waals surface area (Å²) in [4.78, 5) is 32.6. The van der Waals surface area contributed by atoms with Gasteiger partial charge in [-0.25, -0.2) is 13.8 Å². The minimum Gasteiger partial charge on any atom is -0.378 e. The van der Waals surface area contributed by atoms with Crippen molar-refractivity contribution in [3.63, 3.8) is 0 Å². The number of rotatable bonds is 8. The summed E-state index contributed by atoms with van der Waals surface area (Å²) in [5.74, 6) is 1.90. The van der Waals surface area contributed by atoms with Gasteiger partial charge in [0.1, 0.15) is 11.6 Å². The van der Waals surface area contributed by atoms with Crippen LogP contribution in [0.1, 0.15) is 37.9 Å². The van der Waals surface area contributed by atoms with Crippen molar-refractivity contribution in [2.75, 3.05) is 75.4 Å². The van der Waals surface area contributed by atoms with E-state index in [1.54, 1.807) is 24.3 Å². The van der Waals surface area contributed by atoms with Gasteiger partial charge in [-0.05, 0) is 37.4 Å². The van der Waals surface area contributed by atoms with Gasteiger partial charge in [0, 0.05) is 45.3 Å². The molecule has 3 aromatic rings. The Morgan fingerprint density at radius 3 is 2.33 bits per heavy atom. The number of nitrogens with zero attached hydrogens (tertiary/aromatic N) is 7. The van der Waals surface area contributed by atoms with E-state index in [-0.39, 0.29) is 17.7 Å². The number of nitrogens with one attached hydrogen (secondary N) is 1. The third kappa shape index (κ3) is 5.73. The fraction of sp³-hybridized carbons (Fsp3) is 0.571. The lowest BCUT2D eigenvalue weighted by molar-refractivity contribution is -0.130. The largest absolute Gasteiger partial charge is 0.378 e. The van der Waals surface area contributed by atoms with Crippen LogP contribution in [-0.2, 0) is 9.53 Å². The third-order valence-electron chi connectivity index (χ3n) is 8.14. The van der Waals surface area contributed by atoms with Crippen LogP contribution in [-0.4, -0.2) is 95.9 Å². The van der Waals surface area contributed by atoms with Crippen molar-refractivity contribution in [3.8, 4) is 5.95 Å². The highest BCUT2D eigenvalue weighted by atomic mass is 19.3. The molecule has 0 radical (unpaired) electrons. The highest BCUT2D eigenvalue weighted by molar-refractivity contribution is 5.79. The van der Waals surface area contributed by atoms with Gasteiger partial charge in [-0.3, -0.25) is 9.36 Å². The molecule has 0 unspecified atom stereocenters. The van der Waals surface area contributed by atoms with Gasteiger partial charge in [0.05, 0.1) is 30.8 Å². The normalized spacial score (nSPS) is 18.8. The third-order valence-corrected chi connectivity index (χ3v) is 8.14. The average molecular weight is 555 g/mol. The molecule has 0 atom stereocenters. The Bertz CT molecular complexity index is 1310. The van der Waals surface area contributed by atoms with Crippen LogP contribution in [0.2, 0.25) is 0 Å². The van der Waals surface area contributed by atoms with E-state index in [1.807, 2.05) is 11.0 Å². The maximum absolute atomic E-state index is 14.1. The molecule has 214 valence electrons. The molecule has 1 aliphatic carbocycles. The van der Waals surface area contributed by atoms with Gasteiger partial charge >= 0.3 is 0 Å². The first-order valence-electron chi connectivity index (χ1n) is 14.3. The molecule has 10 nitrogen and oxygen atoms in total. The molecule has 12 heteroatoms. The summed E-state index contributed by atoms with van der Waals surface area (Å²) in [5, 5.41) is 3.35. The second-order valence-electron chi connectivity index (χ2n) is 10.7. The van der Waals surface area contributed by atoms with Crippen molar-refractivity contribution < 1.29 is 18.3 Å². The van der Waals surface area contributed by atoms with E-state index in [9.17, 15) is 13.6 Å². The maximum Gasteiger partial charge on any atom is 0.296 e. The average Bonchev–Trinajstić information content (AvgIpc) is 3.66. The summed E-state index contributed by atoms with van der Waals surface area (Å²) in [5.41, 5.74) is 0.997. The Kier molecular flexibility index (Phi) is 8.05. The highest BCUT2D eigenvalue weighted by Gasteiger charge is 2.27. The first-order valence-corrected chi connectivity index (χ1v) is 14.3. The number of carbonyl (C=O) groups is 1. The van der Waals surface area contributed by atoms with Crippen molar-refractivity contribution in [3.05, 3.63) is 36.2 Å². The van der Waals surface area contributed by atoms with E-state index < -0.39 is 6.43 Å². The topological polar surface area (TPSA) is 91.7 Å². The number of anilines is 2. The second kappa shape index (κ2) is 12.0. The Labute approximate surface area is 232 Å². The fourth-order valence-corrected chi connectivity index (χ4v) is 5.92. The first-order chi connectivity index (χ1) is 19.6. The number of halogens is 2. The van der Waals surface area contributed by atoms with E-state index >= 15 is 0 Å². The molecule has 1 N–H and O–H groups in total. The molecular formula is C28H36F2N8O2. The highest BCUT2D eigenvalue weighted by Crippen LogP contribution is 2.30. The molecule has 0 bridgehead atoms. The van der Waals surface area contributed by atoms with E-state index in [0.29, 0.717) is 87.6 Å². The van der Waals surface area contributed by atoms with E-state index in [1.165, 1.54) is 30.3 Å². The number of para-hydroxylation sites is 2. The van der Waals surface area contributed by atoms with Crippen LogP contribution in [0.3, 0.4) is 0 Å². The molecule has 2 saturated heterocycles. The number of morpholine rings is 1. The van der Waals surface area contributed by atoms with Crippen LogP contribution in [0.4, 0.5) is 20.4 Å². The lowest BCUT2D eigenvalue weighted by atomic mass is 10.1. The van der Waals surface area contributed by atoms with Gasteiger partial charge in [-0.1, -0.05) is 25.0 Å². The molecule has 6 rings (SSSR count). The smallest absolute Gasteiger partial charge is 0.296 e. The molecule has 0 spiro atoms. The van der Waals surface area contributed by atoms with Gasteiger partial charge in [0.2, 0.25) is 11.9 Å². The fourth-order valence-electron chi connectivity index (χ4n) is 5.92. The summed E-state index contributed by atoms with van der Waals surface area (Å²) in [6, 6.07) is 8.95. The summed E-state index contributed by atoms with van der Waals surface area (Å²) in [7, 11) is 0. The van der Waals surface area contributed by atoms with Crippen LogP contribution in [0, 0.1) is 5.92 Å². The molecular weight excluding hydrogens is 518 g/mol. The number of hydrogen-bond acceptors (Lipinski definition) is 8. The predicted molar refractivity (Wildman–Crippen MR) is 148 cm³/mol. The Hall–Kier alpha value is -3.38. The van der Waals surface area contributed by atoms with Crippen LogP contribution >= 0.6 is 0 Å². The van der Waals surface area contributed by atoms with Gasteiger partial charge in [0.15, 0.2) is 5.82 Å². The van der Waals surface area contributed by atoms with Gasteiger partial charge in [0.25, 0.3) is 6.43 Å². The van der Waals surface area contributed by atoms with Crippen LogP contribution < -0.4 is 15.1 Å². The number of hydrogen-bond donors (Lipinski definition) is 1. The zero-order chi connectivity index (χ0) is 27.5. The Morgan fingerprint density at radius 2 is 1.62 bits per heavy atom. The Morgan fingerprint density at radius 1 is 0.950 bits per heavy atom. The lowest BCUT2D eigenvalue weighted by Gasteiger charge is -2.36. The lowest BCUT2D eigenvalue weighted by Crippen LogP contribution is -2.51. The van der Waals surface area contributed by atoms with Crippen molar-refractivity contribution in [2.45, 2.75) is 32.1 Å². The molecule has 2 aliphatic heterocycles. The van der Waals surface area contributed by atoms with Crippen molar-refractivity contribution in [1.29, 1.82) is 0 Å². The van der Waals surface area contributed by atoms with E-state index in [0.717, 1.165) is 6.54 Å². The number of alkyl halides is 2. The maximum atomic E-state index is 14.1. The molecule has 1 aromatic carbocycles. The number of carbonyl (C=O) groups excluding carboxylic acids is 1. The number of piperazine rings is 1. The molecule has 2 aromatic heterocycles. The minimum atomic E-state index is -2.79. The van der Waals surface area contributed by atoms with E-state index in [4.69, 9.17) is 14.7 Å². The summed E-state index contributed by atoms with van der Waals surface area (Å²) >= 11 is 0. The summed E-state index contributed by atoms with van der Waals surface area (Å²) in [6.45, 7) is 6.05. The van der Waals surface area contributed by atoms with Crippen LogP contribution in [0.5, 0.6) is 0 Å².